The molecule has 1 aliphatic carbocycles. The van der Waals surface area contributed by atoms with Crippen molar-refractivity contribution in [2.45, 2.75) is 58.2 Å². The van der Waals surface area contributed by atoms with Crippen LogP contribution in [0.15, 0.2) is 16.9 Å². The molecule has 1 aliphatic heterocycles. The summed E-state index contributed by atoms with van der Waals surface area (Å²) in [5.41, 5.74) is 11.0. The number of nitrogens with two attached hydrogens (primary N) is 1. The van der Waals surface area contributed by atoms with Crippen LogP contribution in [-0.4, -0.2) is 54.1 Å². The second-order valence-electron chi connectivity index (χ2n) is 10.2. The van der Waals surface area contributed by atoms with Crippen LogP contribution in [0, 0.1) is 12.7 Å². The summed E-state index contributed by atoms with van der Waals surface area (Å²) < 4.78 is 27.2. The maximum Gasteiger partial charge on any atom is 0.257 e. The van der Waals surface area contributed by atoms with Crippen LogP contribution >= 0.6 is 0 Å². The SMILES string of the molecule is CCC(C=O)c1cc2n(c(=O)c1COC)Cc1c-2nc2cc(F)c(C)c3c2c1C(N(C)C(=O)COCN)CC3. The highest BCUT2D eigenvalue weighted by atomic mass is 19.1. The highest BCUT2D eigenvalue weighted by Crippen LogP contribution is 2.46. The Morgan fingerprint density at radius 2 is 2.13 bits per heavy atom. The molecule has 2 aromatic heterocycles. The summed E-state index contributed by atoms with van der Waals surface area (Å²) in [6.07, 6.45) is 2.55. The third-order valence-electron chi connectivity index (χ3n) is 8.24. The summed E-state index contributed by atoms with van der Waals surface area (Å²) in [5, 5.41) is 0.834. The Balaban J connectivity index is 1.79. The number of amides is 1. The lowest BCUT2D eigenvalue weighted by Crippen LogP contribution is -2.36. The third-order valence-corrected chi connectivity index (χ3v) is 8.24. The maximum absolute atomic E-state index is 15.0. The van der Waals surface area contributed by atoms with Gasteiger partial charge < -0.3 is 29.5 Å². The van der Waals surface area contributed by atoms with Gasteiger partial charge in [0.25, 0.3) is 5.56 Å². The van der Waals surface area contributed by atoms with E-state index < -0.39 is 5.92 Å². The Labute approximate surface area is 225 Å². The van der Waals surface area contributed by atoms with E-state index in [1.165, 1.54) is 13.2 Å². The molecule has 0 radical (unpaired) electrons. The van der Waals surface area contributed by atoms with Gasteiger partial charge in [0, 0.05) is 42.7 Å². The monoisotopic (exact) mass is 536 g/mol. The molecule has 0 bridgehead atoms. The normalized spacial score (nSPS) is 16.2. The van der Waals surface area contributed by atoms with Crippen LogP contribution in [0.5, 0.6) is 0 Å². The molecular formula is C29H33FN4O5. The Hall–Kier alpha value is -3.47. The highest BCUT2D eigenvalue weighted by molar-refractivity contribution is 5.93. The van der Waals surface area contributed by atoms with Gasteiger partial charge in [-0.1, -0.05) is 6.92 Å². The number of benzene rings is 1. The lowest BCUT2D eigenvalue weighted by Gasteiger charge is -2.35. The van der Waals surface area contributed by atoms with Gasteiger partial charge in [0.1, 0.15) is 18.7 Å². The number of fused-ring (bicyclic) bond motifs is 4. The van der Waals surface area contributed by atoms with Crippen molar-refractivity contribution >= 4 is 23.1 Å². The van der Waals surface area contributed by atoms with E-state index in [4.69, 9.17) is 20.2 Å². The molecular weight excluding hydrogens is 503 g/mol. The number of hydrogen-bond donors (Lipinski definition) is 1. The molecule has 206 valence electrons. The van der Waals surface area contributed by atoms with E-state index in [-0.39, 0.29) is 49.8 Å². The molecule has 5 rings (SSSR count). The number of nitrogens with zero attached hydrogens (tertiary/aromatic N) is 3. The zero-order chi connectivity index (χ0) is 28.0. The van der Waals surface area contributed by atoms with E-state index in [1.807, 2.05) is 13.0 Å². The molecule has 0 fully saturated rings. The number of pyridine rings is 2. The van der Waals surface area contributed by atoms with Crippen LogP contribution in [0.4, 0.5) is 4.39 Å². The van der Waals surface area contributed by atoms with Gasteiger partial charge in [-0.3, -0.25) is 9.59 Å². The van der Waals surface area contributed by atoms with Crippen molar-refractivity contribution in [2.75, 3.05) is 27.5 Å². The second-order valence-corrected chi connectivity index (χ2v) is 10.2. The summed E-state index contributed by atoms with van der Waals surface area (Å²) in [6, 6.07) is 2.96. The second kappa shape index (κ2) is 10.6. The van der Waals surface area contributed by atoms with Gasteiger partial charge in [0.15, 0.2) is 0 Å². The maximum atomic E-state index is 15.0. The summed E-state index contributed by atoms with van der Waals surface area (Å²) in [4.78, 5) is 45.3. The van der Waals surface area contributed by atoms with Crippen LogP contribution in [0.1, 0.15) is 65.1 Å². The quantitative estimate of drug-likeness (QED) is 0.258. The first-order valence-corrected chi connectivity index (χ1v) is 13.2. The van der Waals surface area contributed by atoms with Crippen LogP contribution in [-0.2, 0) is 38.6 Å². The first kappa shape index (κ1) is 27.1. The first-order chi connectivity index (χ1) is 18.8. The molecule has 1 aromatic carbocycles. The fourth-order valence-electron chi connectivity index (χ4n) is 6.16. The van der Waals surface area contributed by atoms with Crippen LogP contribution in [0.2, 0.25) is 0 Å². The van der Waals surface area contributed by atoms with E-state index in [2.05, 4.69) is 0 Å². The van der Waals surface area contributed by atoms with Crippen molar-refractivity contribution in [2.24, 2.45) is 5.73 Å². The smallest absolute Gasteiger partial charge is 0.257 e. The van der Waals surface area contributed by atoms with Crippen molar-refractivity contribution in [1.29, 1.82) is 0 Å². The van der Waals surface area contributed by atoms with Gasteiger partial charge in [-0.2, -0.15) is 0 Å². The minimum absolute atomic E-state index is 0.0651. The zero-order valence-corrected chi connectivity index (χ0v) is 22.7. The number of aldehydes is 1. The summed E-state index contributed by atoms with van der Waals surface area (Å²) >= 11 is 0. The van der Waals surface area contributed by atoms with E-state index in [9.17, 15) is 14.4 Å². The molecule has 0 saturated heterocycles. The van der Waals surface area contributed by atoms with E-state index >= 15 is 4.39 Å². The number of hydrogen-bond acceptors (Lipinski definition) is 7. The lowest BCUT2D eigenvalue weighted by molar-refractivity contribution is -0.137. The molecule has 2 atom stereocenters. The van der Waals surface area contributed by atoms with Crippen molar-refractivity contribution in [1.82, 2.24) is 14.5 Å². The lowest BCUT2D eigenvalue weighted by atomic mass is 9.81. The van der Waals surface area contributed by atoms with Crippen molar-refractivity contribution in [3.8, 4) is 11.4 Å². The first-order valence-electron chi connectivity index (χ1n) is 13.2. The predicted octanol–water partition coefficient (Wildman–Crippen LogP) is 3.09. The number of likely N-dealkylation sites (N-methyl/N-ethyl adjacent to an activating group) is 1. The molecule has 1 amide bonds. The molecule has 2 unspecified atom stereocenters. The fourth-order valence-corrected chi connectivity index (χ4v) is 6.16. The predicted molar refractivity (Wildman–Crippen MR) is 144 cm³/mol. The number of aryl methyl sites for hydroxylation is 1. The Morgan fingerprint density at radius 3 is 2.79 bits per heavy atom. The van der Waals surface area contributed by atoms with Crippen LogP contribution < -0.4 is 11.3 Å². The van der Waals surface area contributed by atoms with Crippen molar-refractivity contribution < 1.29 is 23.5 Å². The molecule has 10 heteroatoms. The molecule has 3 heterocycles. The van der Waals surface area contributed by atoms with Crippen LogP contribution in [0.25, 0.3) is 22.3 Å². The van der Waals surface area contributed by atoms with Gasteiger partial charge in [-0.05, 0) is 54.5 Å². The molecule has 0 saturated carbocycles. The average molecular weight is 537 g/mol. The summed E-state index contributed by atoms with van der Waals surface area (Å²) in [5.74, 6) is -1.03. The Kier molecular flexibility index (Phi) is 7.37. The Morgan fingerprint density at radius 1 is 1.36 bits per heavy atom. The van der Waals surface area contributed by atoms with E-state index in [0.29, 0.717) is 52.9 Å². The van der Waals surface area contributed by atoms with Gasteiger partial charge in [-0.15, -0.1) is 0 Å². The Bertz CT molecular complexity index is 1550. The fraction of sp³-hybridized carbons (Fsp3) is 0.448. The van der Waals surface area contributed by atoms with Crippen molar-refractivity contribution in [3.05, 3.63) is 61.7 Å². The van der Waals surface area contributed by atoms with E-state index in [0.717, 1.165) is 28.4 Å². The minimum atomic E-state index is -0.470. The summed E-state index contributed by atoms with van der Waals surface area (Å²) in [6.45, 7) is 3.77. The number of carbonyl (C=O) groups excluding carboxylic acids is 2. The third kappa shape index (κ3) is 4.27. The number of methoxy groups -OCH3 is 1. The summed E-state index contributed by atoms with van der Waals surface area (Å²) in [7, 11) is 3.24. The standard InChI is InChI=1S/C29H33FN4O5/c1-5-16(11-35)18-8-24-28-19(10-34(24)29(37)20(18)12-38-4)27-23(33(3)25(36)13-39-14-31)7-6-17-15(2)21(30)9-22(32-28)26(17)27/h8-9,11,16,23H,5-7,10,12-14,31H2,1-4H3. The minimum Gasteiger partial charge on any atom is -0.380 e. The average Bonchev–Trinajstić information content (AvgIpc) is 3.30. The van der Waals surface area contributed by atoms with E-state index in [1.54, 1.807) is 23.4 Å². The number of carbonyl (C=O) groups is 2. The van der Waals surface area contributed by atoms with Crippen LogP contribution in [0.3, 0.4) is 0 Å². The molecule has 39 heavy (non-hydrogen) atoms. The van der Waals surface area contributed by atoms with Gasteiger partial charge in [-0.25, -0.2) is 9.37 Å². The van der Waals surface area contributed by atoms with Gasteiger partial charge in [0.05, 0.1) is 42.8 Å². The largest absolute Gasteiger partial charge is 0.380 e. The molecule has 3 aromatic rings. The number of ether oxygens (including phenoxy) is 2. The molecule has 2 N–H and O–H groups in total. The molecule has 9 nitrogen and oxygen atoms in total. The highest BCUT2D eigenvalue weighted by Gasteiger charge is 2.37. The molecule has 0 spiro atoms. The number of rotatable bonds is 9. The van der Waals surface area contributed by atoms with Crippen molar-refractivity contribution in [3.63, 3.8) is 0 Å². The van der Waals surface area contributed by atoms with Gasteiger partial charge in [0.2, 0.25) is 5.91 Å². The molecule has 2 aliphatic rings. The topological polar surface area (TPSA) is 117 Å². The number of halogens is 1. The zero-order valence-electron chi connectivity index (χ0n) is 22.7. The number of aromatic nitrogens is 2. The van der Waals surface area contributed by atoms with Gasteiger partial charge >= 0.3 is 0 Å².